The summed E-state index contributed by atoms with van der Waals surface area (Å²) in [6.45, 7) is 0.489. The largest absolute Gasteiger partial charge is 0.345 e. The first-order valence-corrected chi connectivity index (χ1v) is 9.65. The minimum absolute atomic E-state index is 0.0600. The Kier molecular flexibility index (Phi) is 6.84. The molecule has 0 unspecified atom stereocenters. The number of nitrogens with one attached hydrogen (secondary N) is 4. The van der Waals surface area contributed by atoms with Gasteiger partial charge < -0.3 is 20.9 Å². The number of aromatic amines is 1. The smallest absolute Gasteiger partial charge is 0.315 e. The van der Waals surface area contributed by atoms with Gasteiger partial charge in [-0.2, -0.15) is 0 Å². The summed E-state index contributed by atoms with van der Waals surface area (Å²) in [4.78, 5) is 31.1. The van der Waals surface area contributed by atoms with Gasteiger partial charge in [0.2, 0.25) is 5.91 Å². The maximum Gasteiger partial charge on any atom is 0.315 e. The van der Waals surface area contributed by atoms with E-state index < -0.39 is 0 Å². The second-order valence-electron chi connectivity index (χ2n) is 6.90. The van der Waals surface area contributed by atoms with Crippen LogP contribution in [0, 0.1) is 0 Å². The Morgan fingerprint density at radius 3 is 2.59 bits per heavy atom. The number of hydrogen-bond acceptors (Lipinski definition) is 3. The van der Waals surface area contributed by atoms with Crippen LogP contribution in [-0.4, -0.2) is 34.5 Å². The third kappa shape index (κ3) is 6.13. The molecule has 1 aliphatic carbocycles. The molecule has 2 aromatic rings. The molecule has 0 spiro atoms. The molecule has 7 heteroatoms. The van der Waals surface area contributed by atoms with Crippen molar-refractivity contribution in [2.45, 2.75) is 51.0 Å². The van der Waals surface area contributed by atoms with Gasteiger partial charge in [0.1, 0.15) is 5.82 Å². The molecule has 1 aromatic carbocycles. The minimum Gasteiger partial charge on any atom is -0.345 e. The molecule has 0 radical (unpaired) electrons. The minimum atomic E-state index is -0.129. The third-order valence-corrected chi connectivity index (χ3v) is 4.75. The maximum atomic E-state index is 12.0. The molecule has 0 bridgehead atoms. The van der Waals surface area contributed by atoms with Gasteiger partial charge in [-0.3, -0.25) is 4.79 Å². The van der Waals surface area contributed by atoms with Crippen LogP contribution in [-0.2, 0) is 4.79 Å². The van der Waals surface area contributed by atoms with Gasteiger partial charge in [-0.05, 0) is 43.5 Å². The number of anilines is 1. The van der Waals surface area contributed by atoms with E-state index in [1.165, 1.54) is 19.3 Å². The molecule has 0 saturated heterocycles. The van der Waals surface area contributed by atoms with Crippen molar-refractivity contribution >= 4 is 17.6 Å². The Morgan fingerprint density at radius 2 is 1.89 bits per heavy atom. The SMILES string of the molecule is O=C(CCCNC(=O)NC1CCCCC1)Nc1ccc(-c2ncc[nH]2)cc1. The number of rotatable bonds is 7. The number of urea groups is 1. The first kappa shape index (κ1) is 18.9. The molecule has 1 fully saturated rings. The van der Waals surface area contributed by atoms with Crippen LogP contribution in [0.15, 0.2) is 36.7 Å². The highest BCUT2D eigenvalue weighted by molar-refractivity contribution is 5.90. The highest BCUT2D eigenvalue weighted by atomic mass is 16.2. The molecule has 1 heterocycles. The third-order valence-electron chi connectivity index (χ3n) is 4.75. The molecular weight excluding hydrogens is 342 g/mol. The lowest BCUT2D eigenvalue weighted by Crippen LogP contribution is -2.43. The Morgan fingerprint density at radius 1 is 1.11 bits per heavy atom. The summed E-state index contributed by atoms with van der Waals surface area (Å²) in [7, 11) is 0. The van der Waals surface area contributed by atoms with Crippen molar-refractivity contribution in [2.24, 2.45) is 0 Å². The van der Waals surface area contributed by atoms with Crippen LogP contribution in [0.3, 0.4) is 0 Å². The average Bonchev–Trinajstić information content (AvgIpc) is 3.21. The first-order valence-electron chi connectivity index (χ1n) is 9.65. The molecular formula is C20H27N5O2. The van der Waals surface area contributed by atoms with E-state index in [0.29, 0.717) is 25.4 Å². The van der Waals surface area contributed by atoms with E-state index in [2.05, 4.69) is 25.9 Å². The quantitative estimate of drug-likeness (QED) is 0.563. The van der Waals surface area contributed by atoms with Gasteiger partial charge in [0, 0.05) is 42.7 Å². The molecule has 1 aliphatic rings. The number of carbonyl (C=O) groups excluding carboxylic acids is 2. The predicted molar refractivity (Wildman–Crippen MR) is 105 cm³/mol. The van der Waals surface area contributed by atoms with Crippen LogP contribution in [0.1, 0.15) is 44.9 Å². The average molecular weight is 369 g/mol. The second kappa shape index (κ2) is 9.75. The van der Waals surface area contributed by atoms with Gasteiger partial charge in [-0.25, -0.2) is 9.78 Å². The van der Waals surface area contributed by atoms with E-state index >= 15 is 0 Å². The van der Waals surface area contributed by atoms with E-state index in [9.17, 15) is 9.59 Å². The summed E-state index contributed by atoms with van der Waals surface area (Å²) < 4.78 is 0. The van der Waals surface area contributed by atoms with E-state index in [1.54, 1.807) is 12.4 Å². The molecule has 0 aliphatic heterocycles. The van der Waals surface area contributed by atoms with Crippen molar-refractivity contribution in [3.8, 4) is 11.4 Å². The number of carbonyl (C=O) groups is 2. The molecule has 1 aromatic heterocycles. The van der Waals surface area contributed by atoms with Gasteiger partial charge in [0.05, 0.1) is 0 Å². The summed E-state index contributed by atoms with van der Waals surface area (Å²) in [6.07, 6.45) is 10.2. The van der Waals surface area contributed by atoms with Gasteiger partial charge in [0.25, 0.3) is 0 Å². The molecule has 1 saturated carbocycles. The zero-order valence-corrected chi connectivity index (χ0v) is 15.5. The van der Waals surface area contributed by atoms with Crippen molar-refractivity contribution in [1.82, 2.24) is 20.6 Å². The van der Waals surface area contributed by atoms with E-state index in [-0.39, 0.29) is 11.9 Å². The number of hydrogen-bond donors (Lipinski definition) is 4. The van der Waals surface area contributed by atoms with E-state index in [0.717, 1.165) is 29.9 Å². The Hall–Kier alpha value is -2.83. The topological polar surface area (TPSA) is 98.9 Å². The van der Waals surface area contributed by atoms with Crippen LogP contribution >= 0.6 is 0 Å². The van der Waals surface area contributed by atoms with E-state index in [4.69, 9.17) is 0 Å². The second-order valence-corrected chi connectivity index (χ2v) is 6.90. The molecule has 144 valence electrons. The van der Waals surface area contributed by atoms with Gasteiger partial charge in [-0.15, -0.1) is 0 Å². The van der Waals surface area contributed by atoms with Crippen molar-refractivity contribution < 1.29 is 9.59 Å². The molecule has 4 N–H and O–H groups in total. The highest BCUT2D eigenvalue weighted by Gasteiger charge is 2.15. The fourth-order valence-corrected chi connectivity index (χ4v) is 3.29. The number of H-pyrrole nitrogens is 1. The predicted octanol–water partition coefficient (Wildman–Crippen LogP) is 3.43. The zero-order chi connectivity index (χ0) is 18.9. The number of amides is 3. The number of benzene rings is 1. The van der Waals surface area contributed by atoms with Crippen molar-refractivity contribution in [1.29, 1.82) is 0 Å². The summed E-state index contributed by atoms with van der Waals surface area (Å²) >= 11 is 0. The number of nitrogens with zero attached hydrogens (tertiary/aromatic N) is 1. The fraction of sp³-hybridized carbons (Fsp3) is 0.450. The summed E-state index contributed by atoms with van der Waals surface area (Å²) in [6, 6.07) is 7.69. The van der Waals surface area contributed by atoms with Crippen LogP contribution in [0.5, 0.6) is 0 Å². The van der Waals surface area contributed by atoms with Crippen molar-refractivity contribution in [3.63, 3.8) is 0 Å². The molecule has 27 heavy (non-hydrogen) atoms. The van der Waals surface area contributed by atoms with E-state index in [1.807, 2.05) is 24.3 Å². The molecule has 3 amide bonds. The lowest BCUT2D eigenvalue weighted by Gasteiger charge is -2.22. The molecule has 7 nitrogen and oxygen atoms in total. The highest BCUT2D eigenvalue weighted by Crippen LogP contribution is 2.18. The maximum absolute atomic E-state index is 12.0. The summed E-state index contributed by atoms with van der Waals surface area (Å²) in [5, 5.41) is 8.71. The van der Waals surface area contributed by atoms with Gasteiger partial charge >= 0.3 is 6.03 Å². The van der Waals surface area contributed by atoms with Gasteiger partial charge in [0.15, 0.2) is 0 Å². The molecule has 3 rings (SSSR count). The van der Waals surface area contributed by atoms with Crippen LogP contribution in [0.25, 0.3) is 11.4 Å². The fourth-order valence-electron chi connectivity index (χ4n) is 3.29. The monoisotopic (exact) mass is 369 g/mol. The van der Waals surface area contributed by atoms with Crippen LogP contribution in [0.4, 0.5) is 10.5 Å². The Bertz CT molecular complexity index is 721. The normalized spacial score (nSPS) is 14.5. The van der Waals surface area contributed by atoms with Gasteiger partial charge in [-0.1, -0.05) is 19.3 Å². The number of aromatic nitrogens is 2. The lowest BCUT2D eigenvalue weighted by molar-refractivity contribution is -0.116. The summed E-state index contributed by atoms with van der Waals surface area (Å²) in [5.74, 6) is 0.737. The molecule has 0 atom stereocenters. The summed E-state index contributed by atoms with van der Waals surface area (Å²) in [5.41, 5.74) is 1.71. The lowest BCUT2D eigenvalue weighted by atomic mass is 9.96. The van der Waals surface area contributed by atoms with Crippen molar-refractivity contribution in [3.05, 3.63) is 36.7 Å². The first-order chi connectivity index (χ1) is 13.2. The Labute approximate surface area is 159 Å². The standard InChI is InChI=1S/C20H27N5O2/c26-18(7-4-12-23-20(27)25-16-5-2-1-3-6-16)24-17-10-8-15(9-11-17)19-21-13-14-22-19/h8-11,13-14,16H,1-7,12H2,(H,21,22)(H,24,26)(H2,23,25,27). The van der Waals surface area contributed by atoms with Crippen LogP contribution in [0.2, 0.25) is 0 Å². The Balaban J connectivity index is 1.32. The zero-order valence-electron chi connectivity index (χ0n) is 15.5. The van der Waals surface area contributed by atoms with Crippen molar-refractivity contribution in [2.75, 3.05) is 11.9 Å². The number of imidazole rings is 1. The van der Waals surface area contributed by atoms with Crippen LogP contribution < -0.4 is 16.0 Å².